The van der Waals surface area contributed by atoms with Crippen LogP contribution in [-0.2, 0) is 15.7 Å². The normalized spacial score (nSPS) is 19.5. The number of morpholine rings is 1. The standard InChI is InChI=1S/C20H17F4N3O2/c21-15-2-1-3-16-18(15)13(19(28)26-16)11-25-12-4-5-17(14(10-12)20(22,23)24)27-6-8-29-9-7-27/h1-5,10-11,13H,6-9H2,(H,26,28). The van der Waals surface area contributed by atoms with Crippen LogP contribution in [0.15, 0.2) is 41.4 Å². The fraction of sp³-hybridized carbons (Fsp3) is 0.300. The van der Waals surface area contributed by atoms with Gasteiger partial charge in [0.05, 0.1) is 24.5 Å². The average molecular weight is 407 g/mol. The van der Waals surface area contributed by atoms with Gasteiger partial charge in [0.25, 0.3) is 0 Å². The van der Waals surface area contributed by atoms with E-state index in [1.165, 1.54) is 30.5 Å². The second kappa shape index (κ2) is 7.47. The Morgan fingerprint density at radius 2 is 1.93 bits per heavy atom. The van der Waals surface area contributed by atoms with Gasteiger partial charge in [-0.05, 0) is 30.3 Å². The molecule has 0 bridgehead atoms. The molecule has 0 aromatic heterocycles. The minimum absolute atomic E-state index is 0.0342. The van der Waals surface area contributed by atoms with E-state index in [-0.39, 0.29) is 16.9 Å². The monoisotopic (exact) mass is 407 g/mol. The van der Waals surface area contributed by atoms with Crippen molar-refractivity contribution in [3.05, 3.63) is 53.3 Å². The van der Waals surface area contributed by atoms with Crippen LogP contribution in [0.1, 0.15) is 17.0 Å². The molecule has 1 saturated heterocycles. The van der Waals surface area contributed by atoms with Crippen molar-refractivity contribution in [3.63, 3.8) is 0 Å². The molecule has 1 amide bonds. The number of nitrogens with zero attached hydrogens (tertiary/aromatic N) is 2. The van der Waals surface area contributed by atoms with Gasteiger partial charge in [0.15, 0.2) is 0 Å². The van der Waals surface area contributed by atoms with Crippen molar-refractivity contribution in [3.8, 4) is 0 Å². The van der Waals surface area contributed by atoms with E-state index in [9.17, 15) is 22.4 Å². The zero-order valence-electron chi connectivity index (χ0n) is 15.2. The van der Waals surface area contributed by atoms with E-state index in [1.54, 1.807) is 11.0 Å². The minimum Gasteiger partial charge on any atom is -0.378 e. The molecule has 0 aliphatic carbocycles. The number of carbonyl (C=O) groups is 1. The van der Waals surface area contributed by atoms with Crippen LogP contribution in [0, 0.1) is 5.82 Å². The van der Waals surface area contributed by atoms with Crippen molar-refractivity contribution in [2.45, 2.75) is 12.1 Å². The summed E-state index contributed by atoms with van der Waals surface area (Å²) in [6.45, 7) is 1.45. The molecular weight excluding hydrogens is 390 g/mol. The highest BCUT2D eigenvalue weighted by Crippen LogP contribution is 2.39. The lowest BCUT2D eigenvalue weighted by Gasteiger charge is -2.31. The smallest absolute Gasteiger partial charge is 0.378 e. The van der Waals surface area contributed by atoms with Crippen molar-refractivity contribution >= 4 is 29.2 Å². The summed E-state index contributed by atoms with van der Waals surface area (Å²) >= 11 is 0. The van der Waals surface area contributed by atoms with Gasteiger partial charge in [0, 0.05) is 36.2 Å². The number of ether oxygens (including phenoxy) is 1. The summed E-state index contributed by atoms with van der Waals surface area (Å²) in [6.07, 6.45) is -3.39. The quantitative estimate of drug-likeness (QED) is 0.615. The molecule has 152 valence electrons. The van der Waals surface area contributed by atoms with Crippen molar-refractivity contribution in [2.75, 3.05) is 36.5 Å². The second-order valence-electron chi connectivity index (χ2n) is 6.74. The molecule has 2 heterocycles. The Morgan fingerprint density at radius 3 is 2.66 bits per heavy atom. The molecule has 2 aromatic carbocycles. The van der Waals surface area contributed by atoms with Gasteiger partial charge < -0.3 is 15.0 Å². The minimum atomic E-state index is -4.57. The largest absolute Gasteiger partial charge is 0.418 e. The first-order chi connectivity index (χ1) is 13.8. The highest BCUT2D eigenvalue weighted by atomic mass is 19.4. The van der Waals surface area contributed by atoms with E-state index in [1.807, 2.05) is 0 Å². The fourth-order valence-corrected chi connectivity index (χ4v) is 3.52. The SMILES string of the molecule is O=C1Nc2cccc(F)c2C1C=Nc1ccc(N2CCOCC2)c(C(F)(F)F)c1. The number of amides is 1. The summed E-state index contributed by atoms with van der Waals surface area (Å²) in [7, 11) is 0. The van der Waals surface area contributed by atoms with E-state index in [2.05, 4.69) is 10.3 Å². The summed E-state index contributed by atoms with van der Waals surface area (Å²) in [4.78, 5) is 17.8. The Hall–Kier alpha value is -2.94. The van der Waals surface area contributed by atoms with Gasteiger partial charge in [-0.15, -0.1) is 0 Å². The molecule has 2 aliphatic heterocycles. The first-order valence-corrected chi connectivity index (χ1v) is 9.02. The van der Waals surface area contributed by atoms with Crippen LogP contribution in [0.25, 0.3) is 0 Å². The molecule has 2 aromatic rings. The number of hydrogen-bond acceptors (Lipinski definition) is 4. The number of rotatable bonds is 3. The molecule has 2 aliphatic rings. The first-order valence-electron chi connectivity index (χ1n) is 9.02. The summed E-state index contributed by atoms with van der Waals surface area (Å²) in [5, 5.41) is 2.54. The maximum absolute atomic E-state index is 14.1. The van der Waals surface area contributed by atoms with Crippen LogP contribution in [0.2, 0.25) is 0 Å². The third-order valence-electron chi connectivity index (χ3n) is 4.91. The number of halogens is 4. The highest BCUT2D eigenvalue weighted by Gasteiger charge is 2.36. The lowest BCUT2D eigenvalue weighted by molar-refractivity contribution is -0.137. The zero-order valence-corrected chi connectivity index (χ0v) is 15.2. The Kier molecular flexibility index (Phi) is 4.99. The van der Waals surface area contributed by atoms with Gasteiger partial charge in [-0.1, -0.05) is 6.07 Å². The molecule has 1 fully saturated rings. The third kappa shape index (κ3) is 3.82. The van der Waals surface area contributed by atoms with E-state index in [0.29, 0.717) is 32.0 Å². The predicted octanol–water partition coefficient (Wildman–Crippen LogP) is 4.12. The number of carbonyl (C=O) groups excluding carboxylic acids is 1. The van der Waals surface area contributed by atoms with Crippen LogP contribution in [0.3, 0.4) is 0 Å². The van der Waals surface area contributed by atoms with E-state index >= 15 is 0 Å². The zero-order chi connectivity index (χ0) is 20.6. The molecule has 5 nitrogen and oxygen atoms in total. The molecule has 0 spiro atoms. The Bertz CT molecular complexity index is 969. The molecule has 0 saturated carbocycles. The van der Waals surface area contributed by atoms with E-state index in [4.69, 9.17) is 4.74 Å². The number of hydrogen-bond donors (Lipinski definition) is 1. The van der Waals surface area contributed by atoms with Crippen molar-refractivity contribution < 1.29 is 27.1 Å². The lowest BCUT2D eigenvalue weighted by atomic mass is 10.0. The van der Waals surface area contributed by atoms with Crippen molar-refractivity contribution in [1.29, 1.82) is 0 Å². The van der Waals surface area contributed by atoms with E-state index < -0.39 is 29.4 Å². The molecule has 1 N–H and O–H groups in total. The number of fused-ring (bicyclic) bond motifs is 1. The molecule has 4 rings (SSSR count). The van der Waals surface area contributed by atoms with Crippen LogP contribution >= 0.6 is 0 Å². The maximum atomic E-state index is 14.1. The molecule has 0 radical (unpaired) electrons. The Morgan fingerprint density at radius 1 is 1.17 bits per heavy atom. The van der Waals surface area contributed by atoms with Crippen molar-refractivity contribution in [2.24, 2.45) is 4.99 Å². The molecule has 1 atom stereocenters. The molecule has 1 unspecified atom stereocenters. The van der Waals surface area contributed by atoms with Gasteiger partial charge in [0.2, 0.25) is 5.91 Å². The molecule has 29 heavy (non-hydrogen) atoms. The molecular formula is C20H17F4N3O2. The van der Waals surface area contributed by atoms with Crippen molar-refractivity contribution in [1.82, 2.24) is 0 Å². The average Bonchev–Trinajstić information content (AvgIpc) is 3.02. The highest BCUT2D eigenvalue weighted by molar-refractivity contribution is 6.12. The van der Waals surface area contributed by atoms with Gasteiger partial charge in [-0.3, -0.25) is 9.79 Å². The first kappa shape index (κ1) is 19.4. The van der Waals surface area contributed by atoms with Gasteiger partial charge in [0.1, 0.15) is 11.7 Å². The number of nitrogens with one attached hydrogen (secondary N) is 1. The van der Waals surface area contributed by atoms with Gasteiger partial charge in [-0.25, -0.2) is 4.39 Å². The number of anilines is 2. The van der Waals surface area contributed by atoms with Crippen LogP contribution in [-0.4, -0.2) is 38.4 Å². The summed E-state index contributed by atoms with van der Waals surface area (Å²) < 4.78 is 60.1. The number of aliphatic imine (C=N–C) groups is 1. The van der Waals surface area contributed by atoms with Crippen LogP contribution in [0.5, 0.6) is 0 Å². The van der Waals surface area contributed by atoms with Gasteiger partial charge >= 0.3 is 6.18 Å². The fourth-order valence-electron chi connectivity index (χ4n) is 3.52. The molecule has 9 heteroatoms. The van der Waals surface area contributed by atoms with Crippen LogP contribution < -0.4 is 10.2 Å². The third-order valence-corrected chi connectivity index (χ3v) is 4.91. The summed E-state index contributed by atoms with van der Waals surface area (Å²) in [5.74, 6) is -2.05. The lowest BCUT2D eigenvalue weighted by Crippen LogP contribution is -2.37. The van der Waals surface area contributed by atoms with Crippen LogP contribution in [0.4, 0.5) is 34.6 Å². The maximum Gasteiger partial charge on any atom is 0.418 e. The number of benzene rings is 2. The van der Waals surface area contributed by atoms with Gasteiger partial charge in [-0.2, -0.15) is 13.2 Å². The Labute approximate surface area is 164 Å². The Balaban J connectivity index is 1.65. The second-order valence-corrected chi connectivity index (χ2v) is 6.74. The number of alkyl halides is 3. The van der Waals surface area contributed by atoms with E-state index in [0.717, 1.165) is 6.07 Å². The summed E-state index contributed by atoms with van der Waals surface area (Å²) in [6, 6.07) is 8.00. The summed E-state index contributed by atoms with van der Waals surface area (Å²) in [5.41, 5.74) is -0.231. The topological polar surface area (TPSA) is 53.9 Å². The predicted molar refractivity (Wildman–Crippen MR) is 100 cm³/mol.